The first-order valence-electron chi connectivity index (χ1n) is 13.1. The molecule has 0 aliphatic carbocycles. The normalized spacial score (nSPS) is 11.6. The van der Waals surface area contributed by atoms with Gasteiger partial charge in [-0.2, -0.15) is 0 Å². The molecule has 7 heteroatoms. The molecule has 0 bridgehead atoms. The van der Waals surface area contributed by atoms with E-state index in [1.54, 1.807) is 6.20 Å². The molecule has 2 aromatic carbocycles. The maximum Gasteiger partial charge on any atom is 0.225 e. The minimum atomic E-state index is -0.0665. The highest BCUT2D eigenvalue weighted by Gasteiger charge is 2.17. The van der Waals surface area contributed by atoms with Crippen LogP contribution in [0, 0.1) is 6.92 Å². The molecule has 6 nitrogen and oxygen atoms in total. The van der Waals surface area contributed by atoms with Crippen molar-refractivity contribution in [1.29, 1.82) is 0 Å². The minimum absolute atomic E-state index is 0.0665. The summed E-state index contributed by atoms with van der Waals surface area (Å²) in [5, 5.41) is 4.60. The number of aryl methyl sites for hydroxylation is 1. The van der Waals surface area contributed by atoms with Crippen molar-refractivity contribution in [3.63, 3.8) is 0 Å². The number of pyridine rings is 2. The Morgan fingerprint density at radius 1 is 0.949 bits per heavy atom. The first-order valence-corrected chi connectivity index (χ1v) is 13.5. The lowest BCUT2D eigenvalue weighted by Gasteiger charge is -2.11. The Bertz CT molecular complexity index is 1670. The summed E-state index contributed by atoms with van der Waals surface area (Å²) in [5.41, 5.74) is 8.70. The van der Waals surface area contributed by atoms with Crippen molar-refractivity contribution in [3.05, 3.63) is 101 Å². The second kappa shape index (κ2) is 11.6. The van der Waals surface area contributed by atoms with Gasteiger partial charge in [0.2, 0.25) is 5.91 Å². The summed E-state index contributed by atoms with van der Waals surface area (Å²) in [6.45, 7) is 6.63. The summed E-state index contributed by atoms with van der Waals surface area (Å²) >= 11 is 6.30. The van der Waals surface area contributed by atoms with Gasteiger partial charge in [-0.05, 0) is 66.9 Å². The maximum absolute atomic E-state index is 11.7. The van der Waals surface area contributed by atoms with Crippen molar-refractivity contribution in [2.45, 2.75) is 33.6 Å². The van der Waals surface area contributed by atoms with E-state index in [1.807, 2.05) is 50.4 Å². The van der Waals surface area contributed by atoms with Crippen molar-refractivity contribution in [1.82, 2.24) is 15.0 Å². The van der Waals surface area contributed by atoms with Crippen molar-refractivity contribution in [2.24, 2.45) is 4.99 Å². The molecule has 5 aromatic rings. The number of benzene rings is 2. The van der Waals surface area contributed by atoms with E-state index in [0.717, 1.165) is 62.2 Å². The number of rotatable bonds is 8. The summed E-state index contributed by atoms with van der Waals surface area (Å²) in [7, 11) is 0. The van der Waals surface area contributed by atoms with Gasteiger partial charge in [0.05, 0.1) is 11.4 Å². The number of carbonyl (C=O) groups excluding carboxylic acids is 1. The average Bonchev–Trinajstić information content (AvgIpc) is 3.39. The Morgan fingerprint density at radius 3 is 2.51 bits per heavy atom. The number of hydrogen-bond donors (Lipinski definition) is 2. The third-order valence-corrected chi connectivity index (χ3v) is 6.81. The third kappa shape index (κ3) is 5.76. The highest BCUT2D eigenvalue weighted by atomic mass is 35.5. The molecule has 3 heterocycles. The molecule has 0 aliphatic heterocycles. The lowest BCUT2D eigenvalue weighted by atomic mass is 9.99. The molecule has 3 aromatic heterocycles. The van der Waals surface area contributed by atoms with Crippen LogP contribution in [0.25, 0.3) is 33.2 Å². The highest BCUT2D eigenvalue weighted by molar-refractivity contribution is 6.31. The molecular formula is C32H30ClN5O. The van der Waals surface area contributed by atoms with E-state index in [0.29, 0.717) is 23.8 Å². The molecule has 0 fully saturated rings. The van der Waals surface area contributed by atoms with Gasteiger partial charge in [-0.3, -0.25) is 14.8 Å². The second-order valence-corrected chi connectivity index (χ2v) is 9.82. The lowest BCUT2D eigenvalue weighted by molar-refractivity contribution is -0.115. The van der Waals surface area contributed by atoms with Gasteiger partial charge >= 0.3 is 0 Å². The van der Waals surface area contributed by atoms with Crippen LogP contribution in [0.5, 0.6) is 0 Å². The number of anilines is 1. The van der Waals surface area contributed by atoms with E-state index in [9.17, 15) is 4.79 Å². The van der Waals surface area contributed by atoms with E-state index in [-0.39, 0.29) is 5.91 Å². The summed E-state index contributed by atoms with van der Waals surface area (Å²) in [6.07, 6.45) is 4.94. The molecule has 0 spiro atoms. The predicted molar refractivity (Wildman–Crippen MR) is 161 cm³/mol. The van der Waals surface area contributed by atoms with Crippen LogP contribution in [0.1, 0.15) is 43.6 Å². The monoisotopic (exact) mass is 535 g/mol. The van der Waals surface area contributed by atoms with E-state index < -0.39 is 0 Å². The summed E-state index contributed by atoms with van der Waals surface area (Å²) in [6, 6.07) is 22.2. The number of aromatic nitrogens is 3. The summed E-state index contributed by atoms with van der Waals surface area (Å²) < 4.78 is 0. The lowest BCUT2D eigenvalue weighted by Crippen LogP contribution is -2.10. The third-order valence-electron chi connectivity index (χ3n) is 6.58. The number of aliphatic imine (C=N–C) groups is 1. The van der Waals surface area contributed by atoms with E-state index in [1.165, 1.54) is 0 Å². The van der Waals surface area contributed by atoms with Crippen LogP contribution in [0.4, 0.5) is 5.82 Å². The topological polar surface area (TPSA) is 83.0 Å². The molecule has 1 amide bonds. The standard InChI is InChI=1S/C32H30ClN5O/c1-4-14-34-32(29-17-27-25(10-7-11-28(27)37-29)21-8-6-9-24(33)15-21)26-16-23(19-35-20(26)3)22-12-13-30(36-18-22)38-31(39)5-2/h6-13,15-19,37H,4-5,14H2,1-3H3,(H,36,38,39)/b34-32+. The van der Waals surface area contributed by atoms with Crippen LogP contribution in [0.3, 0.4) is 0 Å². The SMILES string of the molecule is CCC/N=C(/c1cc2c(-c3cccc(Cl)c3)cccc2[nH]1)c1cc(-c2ccc(NC(=O)CC)nc2)cnc1C. The summed E-state index contributed by atoms with van der Waals surface area (Å²) in [4.78, 5) is 29.5. The molecule has 2 N–H and O–H groups in total. The molecule has 0 unspecified atom stereocenters. The van der Waals surface area contributed by atoms with Crippen LogP contribution in [-0.2, 0) is 4.79 Å². The molecule has 0 saturated carbocycles. The van der Waals surface area contributed by atoms with Crippen molar-refractivity contribution in [3.8, 4) is 22.3 Å². The number of halogens is 1. The zero-order valence-electron chi connectivity index (χ0n) is 22.3. The maximum atomic E-state index is 11.7. The van der Waals surface area contributed by atoms with Gasteiger partial charge < -0.3 is 10.3 Å². The Kier molecular flexibility index (Phi) is 7.84. The largest absolute Gasteiger partial charge is 0.353 e. The Labute approximate surface area is 233 Å². The molecule has 0 saturated heterocycles. The number of fused-ring (bicyclic) bond motifs is 1. The van der Waals surface area contributed by atoms with Gasteiger partial charge in [-0.15, -0.1) is 0 Å². The zero-order chi connectivity index (χ0) is 27.4. The molecule has 39 heavy (non-hydrogen) atoms. The smallest absolute Gasteiger partial charge is 0.225 e. The number of H-pyrrole nitrogens is 1. The number of nitrogens with one attached hydrogen (secondary N) is 2. The van der Waals surface area contributed by atoms with Crippen molar-refractivity contribution >= 4 is 39.9 Å². The second-order valence-electron chi connectivity index (χ2n) is 9.38. The number of nitrogens with zero attached hydrogens (tertiary/aromatic N) is 3. The first-order chi connectivity index (χ1) is 19.0. The van der Waals surface area contributed by atoms with Crippen LogP contribution >= 0.6 is 11.6 Å². The fourth-order valence-electron chi connectivity index (χ4n) is 4.53. The van der Waals surface area contributed by atoms with E-state index in [2.05, 4.69) is 58.6 Å². The fraction of sp³-hybridized carbons (Fsp3) is 0.188. The summed E-state index contributed by atoms with van der Waals surface area (Å²) in [5.74, 6) is 0.466. The molecule has 0 atom stereocenters. The quantitative estimate of drug-likeness (QED) is 0.198. The van der Waals surface area contributed by atoms with Gasteiger partial charge in [-0.1, -0.05) is 49.7 Å². The van der Waals surface area contributed by atoms with Crippen LogP contribution < -0.4 is 5.32 Å². The zero-order valence-corrected chi connectivity index (χ0v) is 23.0. The Hall–Kier alpha value is -4.29. The van der Waals surface area contributed by atoms with Gasteiger partial charge in [0.15, 0.2) is 0 Å². The Balaban J connectivity index is 1.57. The molecular weight excluding hydrogens is 506 g/mol. The molecule has 196 valence electrons. The Morgan fingerprint density at radius 2 is 1.77 bits per heavy atom. The molecule has 5 rings (SSSR count). The fourth-order valence-corrected chi connectivity index (χ4v) is 4.72. The number of hydrogen-bond acceptors (Lipinski definition) is 4. The molecule has 0 aliphatic rings. The van der Waals surface area contributed by atoms with Crippen molar-refractivity contribution in [2.75, 3.05) is 11.9 Å². The number of aromatic amines is 1. The predicted octanol–water partition coefficient (Wildman–Crippen LogP) is 7.85. The average molecular weight is 536 g/mol. The van der Waals surface area contributed by atoms with Gasteiger partial charge in [0.1, 0.15) is 5.82 Å². The van der Waals surface area contributed by atoms with Crippen LogP contribution in [-0.4, -0.2) is 33.1 Å². The van der Waals surface area contributed by atoms with E-state index in [4.69, 9.17) is 21.6 Å². The molecule has 0 radical (unpaired) electrons. The van der Waals surface area contributed by atoms with Gasteiger partial charge in [0, 0.05) is 63.7 Å². The minimum Gasteiger partial charge on any atom is -0.353 e. The highest BCUT2D eigenvalue weighted by Crippen LogP contribution is 2.32. The van der Waals surface area contributed by atoms with E-state index >= 15 is 0 Å². The van der Waals surface area contributed by atoms with Crippen molar-refractivity contribution < 1.29 is 4.79 Å². The number of carbonyl (C=O) groups is 1. The number of amides is 1. The van der Waals surface area contributed by atoms with Crippen LogP contribution in [0.2, 0.25) is 5.02 Å². The first kappa shape index (κ1) is 26.3. The van der Waals surface area contributed by atoms with Crippen LogP contribution in [0.15, 0.2) is 84.1 Å². The van der Waals surface area contributed by atoms with Gasteiger partial charge in [0.25, 0.3) is 0 Å². The van der Waals surface area contributed by atoms with Gasteiger partial charge in [-0.25, -0.2) is 4.98 Å².